The number of hydrogen-bond donors (Lipinski definition) is 2. The molecule has 1 aliphatic heterocycles. The molecule has 164 valence electrons. The highest BCUT2D eigenvalue weighted by Crippen LogP contribution is 2.17. The minimum absolute atomic E-state index is 0.00448. The lowest BCUT2D eigenvalue weighted by Gasteiger charge is -2.35. The number of urea groups is 1. The maximum Gasteiger partial charge on any atom is 0.337 e. The summed E-state index contributed by atoms with van der Waals surface area (Å²) in [5, 5.41) is 5.40. The molecule has 0 unspecified atom stereocenters. The van der Waals surface area contributed by atoms with Crippen molar-refractivity contribution in [2.75, 3.05) is 50.1 Å². The number of piperazine rings is 1. The molecule has 3 amide bonds. The standard InChI is InChI=1S/C22H27N5O4/c1-16-6-7-17(21(29)31-2)15-18(16)25-22(30)24-10-8-20(28)27-13-11-26(12-14-27)19-5-3-4-9-23-19/h3-7,9,15H,8,10-14H2,1-2H3,(H2,24,25,30). The fourth-order valence-corrected chi connectivity index (χ4v) is 3.33. The predicted octanol–water partition coefficient (Wildman–Crippen LogP) is 2.04. The number of aromatic nitrogens is 1. The van der Waals surface area contributed by atoms with E-state index in [1.54, 1.807) is 24.4 Å². The van der Waals surface area contributed by atoms with Gasteiger partial charge in [0, 0.05) is 51.0 Å². The number of ether oxygens (including phenoxy) is 1. The van der Waals surface area contributed by atoms with Crippen molar-refractivity contribution in [3.8, 4) is 0 Å². The van der Waals surface area contributed by atoms with Crippen LogP contribution >= 0.6 is 0 Å². The van der Waals surface area contributed by atoms with E-state index in [1.807, 2.05) is 30.0 Å². The fourth-order valence-electron chi connectivity index (χ4n) is 3.33. The highest BCUT2D eigenvalue weighted by molar-refractivity contribution is 5.94. The van der Waals surface area contributed by atoms with E-state index in [2.05, 4.69) is 20.5 Å². The minimum Gasteiger partial charge on any atom is -0.465 e. The summed E-state index contributed by atoms with van der Waals surface area (Å²) in [5.41, 5.74) is 1.67. The van der Waals surface area contributed by atoms with E-state index in [0.29, 0.717) is 24.3 Å². The van der Waals surface area contributed by atoms with Crippen LogP contribution in [-0.4, -0.2) is 67.6 Å². The van der Waals surface area contributed by atoms with Crippen LogP contribution in [0.25, 0.3) is 0 Å². The van der Waals surface area contributed by atoms with Gasteiger partial charge in [0.05, 0.1) is 12.7 Å². The van der Waals surface area contributed by atoms with Crippen LogP contribution in [-0.2, 0) is 9.53 Å². The van der Waals surface area contributed by atoms with Gasteiger partial charge in [0.15, 0.2) is 0 Å². The normalized spacial score (nSPS) is 13.5. The van der Waals surface area contributed by atoms with Crippen LogP contribution in [0.1, 0.15) is 22.3 Å². The third-order valence-electron chi connectivity index (χ3n) is 5.14. The number of benzene rings is 1. The van der Waals surface area contributed by atoms with Crippen molar-refractivity contribution in [3.05, 3.63) is 53.7 Å². The van der Waals surface area contributed by atoms with E-state index >= 15 is 0 Å². The van der Waals surface area contributed by atoms with E-state index < -0.39 is 12.0 Å². The van der Waals surface area contributed by atoms with E-state index in [4.69, 9.17) is 4.74 Å². The highest BCUT2D eigenvalue weighted by Gasteiger charge is 2.21. The number of aryl methyl sites for hydroxylation is 1. The lowest BCUT2D eigenvalue weighted by Crippen LogP contribution is -2.49. The third-order valence-corrected chi connectivity index (χ3v) is 5.14. The molecule has 2 N–H and O–H groups in total. The van der Waals surface area contributed by atoms with Crippen molar-refractivity contribution in [2.45, 2.75) is 13.3 Å². The number of carbonyl (C=O) groups is 3. The van der Waals surface area contributed by atoms with Gasteiger partial charge in [0.25, 0.3) is 0 Å². The first-order valence-electron chi connectivity index (χ1n) is 10.2. The lowest BCUT2D eigenvalue weighted by molar-refractivity contribution is -0.131. The molecule has 2 heterocycles. The summed E-state index contributed by atoms with van der Waals surface area (Å²) >= 11 is 0. The number of carbonyl (C=O) groups excluding carboxylic acids is 3. The van der Waals surface area contributed by atoms with Crippen LogP contribution in [0.4, 0.5) is 16.3 Å². The summed E-state index contributed by atoms with van der Waals surface area (Å²) in [5.74, 6) is 0.446. The van der Waals surface area contributed by atoms with Crippen LogP contribution in [0.5, 0.6) is 0 Å². The molecule has 9 nitrogen and oxygen atoms in total. The number of hydrogen-bond acceptors (Lipinski definition) is 6. The van der Waals surface area contributed by atoms with Gasteiger partial charge in [-0.1, -0.05) is 12.1 Å². The Hall–Kier alpha value is -3.62. The summed E-state index contributed by atoms with van der Waals surface area (Å²) in [4.78, 5) is 44.6. The molecular weight excluding hydrogens is 398 g/mol. The average Bonchev–Trinajstić information content (AvgIpc) is 2.80. The molecule has 1 aliphatic rings. The monoisotopic (exact) mass is 425 g/mol. The molecule has 0 aliphatic carbocycles. The molecule has 1 aromatic carbocycles. The van der Waals surface area contributed by atoms with Crippen molar-refractivity contribution in [1.29, 1.82) is 0 Å². The first-order valence-corrected chi connectivity index (χ1v) is 10.2. The second kappa shape index (κ2) is 10.4. The van der Waals surface area contributed by atoms with E-state index in [9.17, 15) is 14.4 Å². The van der Waals surface area contributed by atoms with Gasteiger partial charge in [0.2, 0.25) is 5.91 Å². The third kappa shape index (κ3) is 5.94. The Labute approximate surface area is 181 Å². The molecule has 1 saturated heterocycles. The molecule has 0 bridgehead atoms. The average molecular weight is 425 g/mol. The second-order valence-electron chi connectivity index (χ2n) is 7.21. The van der Waals surface area contributed by atoms with Crippen LogP contribution in [0.2, 0.25) is 0 Å². The Kier molecular flexibility index (Phi) is 7.42. The van der Waals surface area contributed by atoms with Crippen molar-refractivity contribution in [3.63, 3.8) is 0 Å². The largest absolute Gasteiger partial charge is 0.465 e. The molecule has 0 saturated carbocycles. The van der Waals surface area contributed by atoms with Crippen LogP contribution in [0.3, 0.4) is 0 Å². The first-order chi connectivity index (χ1) is 15.0. The van der Waals surface area contributed by atoms with Gasteiger partial charge in [-0.3, -0.25) is 4.79 Å². The number of esters is 1. The summed E-state index contributed by atoms with van der Waals surface area (Å²) < 4.78 is 4.70. The molecule has 0 atom stereocenters. The van der Waals surface area contributed by atoms with Crippen molar-refractivity contribution < 1.29 is 19.1 Å². The van der Waals surface area contributed by atoms with Gasteiger partial charge in [-0.15, -0.1) is 0 Å². The first kappa shape index (κ1) is 22.1. The van der Waals surface area contributed by atoms with Crippen molar-refractivity contribution in [1.82, 2.24) is 15.2 Å². The Morgan fingerprint density at radius 1 is 1.10 bits per heavy atom. The number of amides is 3. The van der Waals surface area contributed by atoms with Gasteiger partial charge >= 0.3 is 12.0 Å². The molecule has 1 fully saturated rings. The van der Waals surface area contributed by atoms with Gasteiger partial charge in [0.1, 0.15) is 5.82 Å². The fraction of sp³-hybridized carbons (Fsp3) is 0.364. The quantitative estimate of drug-likeness (QED) is 0.687. The van der Waals surface area contributed by atoms with Crippen LogP contribution in [0.15, 0.2) is 42.6 Å². The molecule has 2 aromatic rings. The minimum atomic E-state index is -0.475. The maximum absolute atomic E-state index is 12.5. The maximum atomic E-state index is 12.5. The zero-order valence-electron chi connectivity index (χ0n) is 17.8. The number of pyridine rings is 1. The van der Waals surface area contributed by atoms with Crippen molar-refractivity contribution in [2.24, 2.45) is 0 Å². The highest BCUT2D eigenvalue weighted by atomic mass is 16.5. The number of nitrogens with one attached hydrogen (secondary N) is 2. The molecule has 9 heteroatoms. The van der Waals surface area contributed by atoms with Crippen LogP contribution in [0, 0.1) is 6.92 Å². The molecule has 0 spiro atoms. The zero-order chi connectivity index (χ0) is 22.2. The molecular formula is C22H27N5O4. The molecule has 0 radical (unpaired) electrons. The summed E-state index contributed by atoms with van der Waals surface area (Å²) in [6.07, 6.45) is 1.98. The number of methoxy groups -OCH3 is 1. The number of rotatable bonds is 6. The van der Waals surface area contributed by atoms with Gasteiger partial charge in [-0.25, -0.2) is 14.6 Å². The van der Waals surface area contributed by atoms with E-state index in [-0.39, 0.29) is 18.9 Å². The topological polar surface area (TPSA) is 104 Å². The predicted molar refractivity (Wildman–Crippen MR) is 117 cm³/mol. The number of anilines is 2. The van der Waals surface area contributed by atoms with Gasteiger partial charge in [-0.05, 0) is 36.8 Å². The summed E-state index contributed by atoms with van der Waals surface area (Å²) in [7, 11) is 1.30. The Balaban J connectivity index is 1.42. The van der Waals surface area contributed by atoms with Crippen molar-refractivity contribution >= 4 is 29.4 Å². The SMILES string of the molecule is COC(=O)c1ccc(C)c(NC(=O)NCCC(=O)N2CCN(c3ccccn3)CC2)c1. The van der Waals surface area contributed by atoms with Gasteiger partial charge < -0.3 is 25.2 Å². The molecule has 3 rings (SSSR count). The van der Waals surface area contributed by atoms with Crippen LogP contribution < -0.4 is 15.5 Å². The van der Waals surface area contributed by atoms with E-state index in [0.717, 1.165) is 24.5 Å². The molecule has 1 aromatic heterocycles. The van der Waals surface area contributed by atoms with Gasteiger partial charge in [-0.2, -0.15) is 0 Å². The summed E-state index contributed by atoms with van der Waals surface area (Å²) in [6.45, 7) is 4.76. The summed E-state index contributed by atoms with van der Waals surface area (Å²) in [6, 6.07) is 10.3. The smallest absolute Gasteiger partial charge is 0.337 e. The Morgan fingerprint density at radius 2 is 1.87 bits per heavy atom. The Bertz CT molecular complexity index is 927. The van der Waals surface area contributed by atoms with E-state index in [1.165, 1.54) is 7.11 Å². The lowest BCUT2D eigenvalue weighted by atomic mass is 10.1. The Morgan fingerprint density at radius 3 is 2.55 bits per heavy atom. The number of nitrogens with zero attached hydrogens (tertiary/aromatic N) is 3. The second-order valence-corrected chi connectivity index (χ2v) is 7.21. The molecule has 31 heavy (non-hydrogen) atoms. The zero-order valence-corrected chi connectivity index (χ0v) is 17.8.